The van der Waals surface area contributed by atoms with E-state index < -0.39 is 10.8 Å². The smallest absolute Gasteiger partial charge is 0.124 e. The van der Waals surface area contributed by atoms with Crippen molar-refractivity contribution in [3.8, 4) is 0 Å². The molecule has 0 spiro atoms. The Morgan fingerprint density at radius 3 is 2.81 bits per heavy atom. The molecule has 0 aliphatic rings. The normalized spacial score (nSPS) is 12.6. The van der Waals surface area contributed by atoms with Crippen LogP contribution in [0.2, 0.25) is 0 Å². The van der Waals surface area contributed by atoms with Gasteiger partial charge in [-0.2, -0.15) is 0 Å². The first kappa shape index (κ1) is 12.0. The minimum atomic E-state index is -1.18. The molecule has 1 aromatic carbocycles. The molecular weight excluding hydrogens is 311 g/mol. The standard InChI is InChI=1S/C11H8BrFOS2/c12-8-4-10(15-6-8)7-16(14)11-3-1-2-9(13)5-11/h1-6H,7H2. The van der Waals surface area contributed by atoms with Gasteiger partial charge in [0.2, 0.25) is 0 Å². The Morgan fingerprint density at radius 1 is 1.38 bits per heavy atom. The Balaban J connectivity index is 2.14. The summed E-state index contributed by atoms with van der Waals surface area (Å²) in [6.07, 6.45) is 0. The fraction of sp³-hybridized carbons (Fsp3) is 0.0909. The molecule has 1 nitrogen and oxygen atoms in total. The summed E-state index contributed by atoms with van der Waals surface area (Å²) < 4.78 is 25.8. The van der Waals surface area contributed by atoms with E-state index in [1.165, 1.54) is 12.1 Å². The highest BCUT2D eigenvalue weighted by Gasteiger charge is 2.07. The third kappa shape index (κ3) is 2.99. The number of rotatable bonds is 3. The predicted molar refractivity (Wildman–Crippen MR) is 68.5 cm³/mol. The van der Waals surface area contributed by atoms with Gasteiger partial charge in [0.25, 0.3) is 0 Å². The van der Waals surface area contributed by atoms with Crippen LogP contribution >= 0.6 is 27.3 Å². The SMILES string of the molecule is O=S(Cc1cc(Br)cs1)c1cccc(F)c1. The summed E-state index contributed by atoms with van der Waals surface area (Å²) in [5.74, 6) is 0.0814. The van der Waals surface area contributed by atoms with Crippen molar-refractivity contribution in [3.63, 3.8) is 0 Å². The van der Waals surface area contributed by atoms with Crippen LogP contribution in [0.5, 0.6) is 0 Å². The molecule has 0 saturated heterocycles. The Morgan fingerprint density at radius 2 is 2.19 bits per heavy atom. The second-order valence-electron chi connectivity index (χ2n) is 3.18. The first-order chi connectivity index (χ1) is 7.65. The van der Waals surface area contributed by atoms with Gasteiger partial charge in [-0.05, 0) is 40.2 Å². The molecule has 1 atom stereocenters. The van der Waals surface area contributed by atoms with E-state index in [0.29, 0.717) is 10.6 Å². The van der Waals surface area contributed by atoms with Gasteiger partial charge < -0.3 is 0 Å². The van der Waals surface area contributed by atoms with E-state index in [1.807, 2.05) is 11.4 Å². The fourth-order valence-electron chi connectivity index (χ4n) is 1.25. The third-order valence-electron chi connectivity index (χ3n) is 1.95. The highest BCUT2D eigenvalue weighted by molar-refractivity contribution is 9.10. The Bertz CT molecular complexity index is 524. The lowest BCUT2D eigenvalue weighted by Crippen LogP contribution is -1.94. The van der Waals surface area contributed by atoms with Crippen LogP contribution in [0.3, 0.4) is 0 Å². The molecule has 0 N–H and O–H groups in total. The Kier molecular flexibility index (Phi) is 3.89. The van der Waals surface area contributed by atoms with Crippen LogP contribution in [0.15, 0.2) is 45.1 Å². The molecule has 5 heteroatoms. The quantitative estimate of drug-likeness (QED) is 0.837. The van der Waals surface area contributed by atoms with Gasteiger partial charge in [0.1, 0.15) is 5.82 Å². The van der Waals surface area contributed by atoms with Gasteiger partial charge in [0.05, 0.1) is 16.6 Å². The lowest BCUT2D eigenvalue weighted by molar-refractivity contribution is 0.622. The molecule has 0 radical (unpaired) electrons. The highest BCUT2D eigenvalue weighted by atomic mass is 79.9. The lowest BCUT2D eigenvalue weighted by atomic mass is 10.4. The Hall–Kier alpha value is -0.520. The number of hydrogen-bond acceptors (Lipinski definition) is 2. The van der Waals surface area contributed by atoms with E-state index in [0.717, 1.165) is 9.35 Å². The van der Waals surface area contributed by atoms with Crippen LogP contribution in [0, 0.1) is 5.82 Å². The molecule has 0 fully saturated rings. The van der Waals surface area contributed by atoms with E-state index in [4.69, 9.17) is 0 Å². The highest BCUT2D eigenvalue weighted by Crippen LogP contribution is 2.22. The average Bonchev–Trinajstić information content (AvgIpc) is 2.64. The molecule has 2 rings (SSSR count). The van der Waals surface area contributed by atoms with E-state index >= 15 is 0 Å². The van der Waals surface area contributed by atoms with Gasteiger partial charge in [-0.1, -0.05) is 6.07 Å². The summed E-state index contributed by atoms with van der Waals surface area (Å²) in [7, 11) is -1.18. The van der Waals surface area contributed by atoms with Crippen molar-refractivity contribution in [2.75, 3.05) is 0 Å². The molecule has 2 aromatic rings. The third-order valence-corrected chi connectivity index (χ3v) is 5.19. The van der Waals surface area contributed by atoms with Gasteiger partial charge in [-0.15, -0.1) is 11.3 Å². The maximum atomic E-state index is 12.9. The second kappa shape index (κ2) is 5.21. The number of benzene rings is 1. The number of halogens is 2. The summed E-state index contributed by atoms with van der Waals surface area (Å²) in [5, 5.41) is 1.94. The molecule has 0 aliphatic heterocycles. The van der Waals surface area contributed by atoms with E-state index in [1.54, 1.807) is 23.5 Å². The predicted octanol–water partition coefficient (Wildman–Crippen LogP) is 3.96. The Labute approximate surface area is 108 Å². The summed E-state index contributed by atoms with van der Waals surface area (Å²) in [4.78, 5) is 1.55. The van der Waals surface area contributed by atoms with Crippen molar-refractivity contribution in [1.82, 2.24) is 0 Å². The van der Waals surface area contributed by atoms with Crippen LogP contribution < -0.4 is 0 Å². The molecule has 0 saturated carbocycles. The van der Waals surface area contributed by atoms with Gasteiger partial charge in [0, 0.05) is 19.6 Å². The average molecular weight is 319 g/mol. The molecule has 16 heavy (non-hydrogen) atoms. The molecule has 1 aromatic heterocycles. The van der Waals surface area contributed by atoms with Crippen LogP contribution in [0.25, 0.3) is 0 Å². The minimum Gasteiger partial charge on any atom is -0.254 e. The first-order valence-electron chi connectivity index (χ1n) is 4.52. The van der Waals surface area contributed by atoms with E-state index in [-0.39, 0.29) is 5.82 Å². The van der Waals surface area contributed by atoms with Crippen molar-refractivity contribution >= 4 is 38.1 Å². The zero-order chi connectivity index (χ0) is 11.5. The zero-order valence-corrected chi connectivity index (χ0v) is 11.4. The first-order valence-corrected chi connectivity index (χ1v) is 7.51. The van der Waals surface area contributed by atoms with Crippen molar-refractivity contribution in [2.45, 2.75) is 10.6 Å². The molecule has 0 aliphatic carbocycles. The maximum Gasteiger partial charge on any atom is 0.124 e. The molecular formula is C11H8BrFOS2. The molecule has 1 heterocycles. The largest absolute Gasteiger partial charge is 0.254 e. The van der Waals surface area contributed by atoms with Crippen molar-refractivity contribution < 1.29 is 8.60 Å². The summed E-state index contributed by atoms with van der Waals surface area (Å²) >= 11 is 4.88. The van der Waals surface area contributed by atoms with Crippen molar-refractivity contribution in [2.24, 2.45) is 0 Å². The number of thiophene rings is 1. The second-order valence-corrected chi connectivity index (χ2v) is 6.54. The van der Waals surface area contributed by atoms with Crippen LogP contribution in [-0.4, -0.2) is 4.21 Å². The summed E-state index contributed by atoms with van der Waals surface area (Å²) in [6, 6.07) is 7.86. The molecule has 1 unspecified atom stereocenters. The van der Waals surface area contributed by atoms with Crippen LogP contribution in [0.1, 0.15) is 4.88 Å². The summed E-state index contributed by atoms with van der Waals surface area (Å²) in [5.41, 5.74) is 0. The monoisotopic (exact) mass is 318 g/mol. The van der Waals surface area contributed by atoms with Gasteiger partial charge in [0.15, 0.2) is 0 Å². The van der Waals surface area contributed by atoms with Crippen LogP contribution in [0.4, 0.5) is 4.39 Å². The van der Waals surface area contributed by atoms with E-state index in [9.17, 15) is 8.60 Å². The topological polar surface area (TPSA) is 17.1 Å². The zero-order valence-electron chi connectivity index (χ0n) is 8.15. The maximum absolute atomic E-state index is 12.9. The number of hydrogen-bond donors (Lipinski definition) is 0. The van der Waals surface area contributed by atoms with E-state index in [2.05, 4.69) is 15.9 Å². The fourth-order valence-corrected chi connectivity index (χ4v) is 4.06. The molecule has 0 amide bonds. The van der Waals surface area contributed by atoms with Crippen LogP contribution in [-0.2, 0) is 16.6 Å². The van der Waals surface area contributed by atoms with Gasteiger partial charge >= 0.3 is 0 Å². The van der Waals surface area contributed by atoms with Gasteiger partial charge in [-0.25, -0.2) is 4.39 Å². The summed E-state index contributed by atoms with van der Waals surface area (Å²) in [6.45, 7) is 0. The van der Waals surface area contributed by atoms with Crippen molar-refractivity contribution in [3.05, 3.63) is 50.9 Å². The van der Waals surface area contributed by atoms with Gasteiger partial charge in [-0.3, -0.25) is 4.21 Å². The minimum absolute atomic E-state index is 0.349. The molecule has 0 bridgehead atoms. The lowest BCUT2D eigenvalue weighted by Gasteiger charge is -2.00. The molecule has 84 valence electrons. The van der Waals surface area contributed by atoms with Crippen molar-refractivity contribution in [1.29, 1.82) is 0 Å².